The molecule has 0 aromatic heterocycles. The van der Waals surface area contributed by atoms with Gasteiger partial charge in [0.1, 0.15) is 0 Å². The van der Waals surface area contributed by atoms with E-state index in [1.54, 1.807) is 11.1 Å². The van der Waals surface area contributed by atoms with Crippen molar-refractivity contribution in [3.8, 4) is 11.1 Å². The van der Waals surface area contributed by atoms with E-state index >= 15 is 0 Å². The Bertz CT molecular complexity index is 1210. The van der Waals surface area contributed by atoms with Gasteiger partial charge in [-0.3, -0.25) is 0 Å². The van der Waals surface area contributed by atoms with Crippen LogP contribution < -0.4 is 0 Å². The smallest absolute Gasteiger partial charge is 0.0168 e. The highest BCUT2D eigenvalue weighted by molar-refractivity contribution is 5.75. The van der Waals surface area contributed by atoms with Gasteiger partial charge in [-0.2, -0.15) is 0 Å². The summed E-state index contributed by atoms with van der Waals surface area (Å²) in [5, 5.41) is 0. The third-order valence-corrected chi connectivity index (χ3v) is 7.60. The van der Waals surface area contributed by atoms with Gasteiger partial charge in [0.15, 0.2) is 0 Å². The monoisotopic (exact) mass is 416 g/mol. The Morgan fingerprint density at radius 1 is 0.656 bits per heavy atom. The molecule has 0 radical (unpaired) electrons. The topological polar surface area (TPSA) is 0 Å². The Labute approximate surface area is 193 Å². The van der Waals surface area contributed by atoms with Gasteiger partial charge in [0.05, 0.1) is 0 Å². The summed E-state index contributed by atoms with van der Waals surface area (Å²) in [5.74, 6) is 0. The van der Waals surface area contributed by atoms with Gasteiger partial charge in [0.25, 0.3) is 0 Å². The molecule has 0 heterocycles. The van der Waals surface area contributed by atoms with Gasteiger partial charge in [-0.1, -0.05) is 110 Å². The minimum absolute atomic E-state index is 0.204. The molecule has 0 amide bonds. The number of hydrogen-bond donors (Lipinski definition) is 0. The van der Waals surface area contributed by atoms with Crippen LogP contribution in [-0.2, 0) is 31.1 Å². The summed E-state index contributed by atoms with van der Waals surface area (Å²) in [4.78, 5) is 0. The average molecular weight is 417 g/mol. The van der Waals surface area contributed by atoms with Crippen molar-refractivity contribution in [3.63, 3.8) is 0 Å². The first kappa shape index (κ1) is 20.8. The number of hydrogen-bond acceptors (Lipinski definition) is 0. The number of benzene rings is 3. The van der Waals surface area contributed by atoms with Crippen molar-refractivity contribution in [2.75, 3.05) is 0 Å². The molecule has 0 aliphatic heterocycles. The van der Waals surface area contributed by atoms with Crippen LogP contribution in [0.2, 0.25) is 0 Å². The van der Waals surface area contributed by atoms with E-state index < -0.39 is 0 Å². The summed E-state index contributed by atoms with van der Waals surface area (Å²) < 4.78 is 0. The summed E-state index contributed by atoms with van der Waals surface area (Å²) in [5.41, 5.74) is 12.3. The number of fused-ring (bicyclic) bond motifs is 5. The van der Waals surface area contributed by atoms with Gasteiger partial charge in [-0.25, -0.2) is 0 Å². The Morgan fingerprint density at radius 2 is 1.44 bits per heavy atom. The van der Waals surface area contributed by atoms with Crippen molar-refractivity contribution in [2.24, 2.45) is 0 Å². The molecule has 3 aliphatic carbocycles. The van der Waals surface area contributed by atoms with Gasteiger partial charge < -0.3 is 0 Å². The summed E-state index contributed by atoms with van der Waals surface area (Å²) >= 11 is 0. The maximum absolute atomic E-state index is 2.34. The van der Waals surface area contributed by atoms with Crippen LogP contribution in [0.15, 0.2) is 103 Å². The minimum atomic E-state index is 0.204. The maximum atomic E-state index is 2.34. The van der Waals surface area contributed by atoms with Crippen molar-refractivity contribution in [3.05, 3.63) is 131 Å². The lowest BCUT2D eigenvalue weighted by Crippen LogP contribution is -2.24. The second-order valence-corrected chi connectivity index (χ2v) is 9.45. The molecule has 0 saturated heterocycles. The molecular weight excluding hydrogens is 384 g/mol. The van der Waals surface area contributed by atoms with Crippen molar-refractivity contribution in [2.45, 2.75) is 51.4 Å². The van der Waals surface area contributed by atoms with Gasteiger partial charge in [0.2, 0.25) is 0 Å². The highest BCUT2D eigenvalue weighted by Crippen LogP contribution is 2.38. The molecule has 0 spiro atoms. The number of allylic oxidation sites excluding steroid dienone is 6. The fraction of sp³-hybridized carbons (Fsp3) is 0.250. The Kier molecular flexibility index (Phi) is 5.70. The molecule has 3 aromatic carbocycles. The van der Waals surface area contributed by atoms with E-state index in [1.807, 2.05) is 0 Å². The normalized spacial score (nSPS) is 20.2. The highest BCUT2D eigenvalue weighted by Gasteiger charge is 2.28. The highest BCUT2D eigenvalue weighted by atomic mass is 14.3. The summed E-state index contributed by atoms with van der Waals surface area (Å²) in [6.45, 7) is 4.54. The molecule has 0 saturated carbocycles. The lowest BCUT2D eigenvalue weighted by atomic mass is 9.72. The molecule has 160 valence electrons. The maximum Gasteiger partial charge on any atom is 0.0168 e. The summed E-state index contributed by atoms with van der Waals surface area (Å²) in [6, 6.07) is 24.3. The zero-order chi connectivity index (χ0) is 22.0. The van der Waals surface area contributed by atoms with Crippen LogP contribution in [0.1, 0.15) is 48.1 Å². The first-order valence-corrected chi connectivity index (χ1v) is 11.9. The van der Waals surface area contributed by atoms with Crippen LogP contribution in [-0.4, -0.2) is 0 Å². The fourth-order valence-electron chi connectivity index (χ4n) is 5.41. The molecule has 0 bridgehead atoms. The molecule has 0 N–H and O–H groups in total. The van der Waals surface area contributed by atoms with Crippen molar-refractivity contribution < 1.29 is 0 Å². The third-order valence-electron chi connectivity index (χ3n) is 7.60. The Balaban J connectivity index is 0.000000140. The van der Waals surface area contributed by atoms with E-state index in [4.69, 9.17) is 0 Å². The van der Waals surface area contributed by atoms with E-state index in [2.05, 4.69) is 111 Å². The Hall–Kier alpha value is -3.12. The summed E-state index contributed by atoms with van der Waals surface area (Å²) in [6.07, 6.45) is 17.0. The molecular formula is C32H32. The second-order valence-electron chi connectivity index (χ2n) is 9.45. The molecule has 1 unspecified atom stereocenters. The number of aryl methyl sites for hydroxylation is 1. The van der Waals surface area contributed by atoms with Gasteiger partial charge in [-0.15, -0.1) is 0 Å². The standard InChI is InChI=1S/C18H16.C14H16/c1-3-7-15-13(5-1)9-11-18-16-8-4-2-6-14(16)10-12-17(15)18;1-12-8-6-7-11-14(12,2)13-9-4-3-5-10-13/h1-5,7,10,12H,6,8-9,11H2;3-10H,11H2,1-2H3. The number of rotatable bonds is 1. The van der Waals surface area contributed by atoms with E-state index in [9.17, 15) is 0 Å². The average Bonchev–Trinajstić information content (AvgIpc) is 2.86. The minimum Gasteiger partial charge on any atom is -0.0838 e. The SMILES string of the molecule is C1=CCc2c(ccc3c2CCc2ccccc2-3)C1.CC1=CC=CCC1(C)c1ccccc1. The fourth-order valence-corrected chi connectivity index (χ4v) is 5.41. The second kappa shape index (κ2) is 8.79. The molecule has 0 fully saturated rings. The van der Waals surface area contributed by atoms with Crippen molar-refractivity contribution in [1.29, 1.82) is 0 Å². The molecule has 6 rings (SSSR count). The van der Waals surface area contributed by atoms with Crippen molar-refractivity contribution in [1.82, 2.24) is 0 Å². The molecule has 1 atom stereocenters. The molecule has 32 heavy (non-hydrogen) atoms. The lowest BCUT2D eigenvalue weighted by Gasteiger charge is -2.32. The molecule has 3 aliphatic rings. The van der Waals surface area contributed by atoms with E-state index in [0.717, 1.165) is 19.3 Å². The van der Waals surface area contributed by atoms with Crippen LogP contribution >= 0.6 is 0 Å². The van der Waals surface area contributed by atoms with E-state index in [1.165, 1.54) is 46.2 Å². The van der Waals surface area contributed by atoms with Crippen molar-refractivity contribution >= 4 is 0 Å². The predicted molar refractivity (Wildman–Crippen MR) is 137 cm³/mol. The van der Waals surface area contributed by atoms with Gasteiger partial charge in [-0.05, 0) is 78.0 Å². The molecule has 3 aromatic rings. The quantitative estimate of drug-likeness (QED) is 0.353. The van der Waals surface area contributed by atoms with Crippen LogP contribution in [0.5, 0.6) is 0 Å². The summed E-state index contributed by atoms with van der Waals surface area (Å²) in [7, 11) is 0. The van der Waals surface area contributed by atoms with Crippen LogP contribution in [0.4, 0.5) is 0 Å². The first-order valence-electron chi connectivity index (χ1n) is 11.9. The predicted octanol–water partition coefficient (Wildman–Crippen LogP) is 7.96. The van der Waals surface area contributed by atoms with Crippen LogP contribution in [0.3, 0.4) is 0 Å². The lowest BCUT2D eigenvalue weighted by molar-refractivity contribution is 0.560. The largest absolute Gasteiger partial charge is 0.0838 e. The van der Waals surface area contributed by atoms with Crippen LogP contribution in [0.25, 0.3) is 11.1 Å². The van der Waals surface area contributed by atoms with Gasteiger partial charge >= 0.3 is 0 Å². The molecule has 0 heteroatoms. The zero-order valence-electron chi connectivity index (χ0n) is 19.3. The van der Waals surface area contributed by atoms with Gasteiger partial charge in [0, 0.05) is 5.41 Å². The third kappa shape index (κ3) is 3.79. The van der Waals surface area contributed by atoms with Crippen LogP contribution in [0, 0.1) is 0 Å². The molecule has 0 nitrogen and oxygen atoms in total. The van der Waals surface area contributed by atoms with E-state index in [-0.39, 0.29) is 5.41 Å². The Morgan fingerprint density at radius 3 is 2.28 bits per heavy atom. The van der Waals surface area contributed by atoms with E-state index in [0.29, 0.717) is 0 Å². The zero-order valence-corrected chi connectivity index (χ0v) is 19.3. The first-order chi connectivity index (χ1) is 15.7.